The van der Waals surface area contributed by atoms with Gasteiger partial charge < -0.3 is 10.1 Å². The SMILES string of the molecule is CNc1nc(Oc2cc(C)nn2C)cc(C(F)(F)F)n1. The molecular weight excluding hydrogens is 275 g/mol. The number of hydrogen-bond acceptors (Lipinski definition) is 5. The molecule has 20 heavy (non-hydrogen) atoms. The zero-order valence-corrected chi connectivity index (χ0v) is 11.0. The zero-order chi connectivity index (χ0) is 14.9. The molecule has 0 bridgehead atoms. The number of ether oxygens (including phenoxy) is 1. The Bertz CT molecular complexity index is 623. The first kappa shape index (κ1) is 14.1. The van der Waals surface area contributed by atoms with Crippen molar-refractivity contribution in [1.29, 1.82) is 0 Å². The van der Waals surface area contributed by atoms with Gasteiger partial charge in [0.2, 0.25) is 17.7 Å². The Balaban J connectivity index is 2.38. The predicted octanol–water partition coefficient (Wildman–Crippen LogP) is 2.37. The fraction of sp³-hybridized carbons (Fsp3) is 0.364. The van der Waals surface area contributed by atoms with E-state index in [2.05, 4.69) is 20.4 Å². The van der Waals surface area contributed by atoms with Gasteiger partial charge in [0.15, 0.2) is 5.69 Å². The first-order chi connectivity index (χ1) is 9.29. The van der Waals surface area contributed by atoms with Gasteiger partial charge in [0.1, 0.15) is 0 Å². The number of halogens is 3. The maximum atomic E-state index is 12.7. The van der Waals surface area contributed by atoms with Crippen LogP contribution in [0.25, 0.3) is 0 Å². The van der Waals surface area contributed by atoms with Crippen molar-refractivity contribution in [2.24, 2.45) is 7.05 Å². The summed E-state index contributed by atoms with van der Waals surface area (Å²) in [6.45, 7) is 1.74. The molecule has 0 aromatic carbocycles. The fourth-order valence-electron chi connectivity index (χ4n) is 1.52. The number of hydrogen-bond donors (Lipinski definition) is 1. The van der Waals surface area contributed by atoms with Gasteiger partial charge >= 0.3 is 6.18 Å². The van der Waals surface area contributed by atoms with E-state index in [9.17, 15) is 13.2 Å². The Morgan fingerprint density at radius 1 is 1.25 bits per heavy atom. The third kappa shape index (κ3) is 2.98. The third-order valence-electron chi connectivity index (χ3n) is 2.38. The normalized spacial score (nSPS) is 11.5. The molecule has 0 unspecified atom stereocenters. The molecule has 9 heteroatoms. The zero-order valence-electron chi connectivity index (χ0n) is 11.0. The molecule has 2 rings (SSSR count). The van der Waals surface area contributed by atoms with Gasteiger partial charge in [-0.05, 0) is 6.92 Å². The molecule has 0 atom stereocenters. The fourth-order valence-corrected chi connectivity index (χ4v) is 1.52. The van der Waals surface area contributed by atoms with E-state index in [4.69, 9.17) is 4.74 Å². The smallest absolute Gasteiger partial charge is 0.421 e. The van der Waals surface area contributed by atoms with Crippen LogP contribution < -0.4 is 10.1 Å². The molecule has 2 aromatic heterocycles. The Morgan fingerprint density at radius 2 is 1.95 bits per heavy atom. The summed E-state index contributed by atoms with van der Waals surface area (Å²) in [4.78, 5) is 7.17. The van der Waals surface area contributed by atoms with Crippen molar-refractivity contribution in [3.63, 3.8) is 0 Å². The van der Waals surface area contributed by atoms with E-state index in [1.54, 1.807) is 20.0 Å². The monoisotopic (exact) mass is 287 g/mol. The van der Waals surface area contributed by atoms with Crippen molar-refractivity contribution >= 4 is 5.95 Å². The van der Waals surface area contributed by atoms with Crippen LogP contribution in [-0.2, 0) is 13.2 Å². The second-order valence-corrected chi connectivity index (χ2v) is 4.01. The van der Waals surface area contributed by atoms with Crippen LogP contribution in [0.5, 0.6) is 11.8 Å². The van der Waals surface area contributed by atoms with E-state index < -0.39 is 11.9 Å². The molecule has 108 valence electrons. The highest BCUT2D eigenvalue weighted by atomic mass is 19.4. The Labute approximate surface area is 112 Å². The minimum atomic E-state index is -4.57. The van der Waals surface area contributed by atoms with E-state index in [0.29, 0.717) is 5.69 Å². The summed E-state index contributed by atoms with van der Waals surface area (Å²) in [5.74, 6) is -0.0928. The first-order valence-electron chi connectivity index (χ1n) is 5.62. The summed E-state index contributed by atoms with van der Waals surface area (Å²) >= 11 is 0. The van der Waals surface area contributed by atoms with Crippen molar-refractivity contribution in [3.8, 4) is 11.8 Å². The minimum Gasteiger partial charge on any atom is -0.421 e. The van der Waals surface area contributed by atoms with E-state index in [1.807, 2.05) is 0 Å². The summed E-state index contributed by atoms with van der Waals surface area (Å²) in [5.41, 5.74) is -0.396. The molecule has 0 aliphatic heterocycles. The number of aryl methyl sites for hydroxylation is 2. The third-order valence-corrected chi connectivity index (χ3v) is 2.38. The molecule has 0 aliphatic rings. The van der Waals surface area contributed by atoms with Gasteiger partial charge in [-0.25, -0.2) is 9.67 Å². The molecule has 1 N–H and O–H groups in total. The minimum absolute atomic E-state index is 0.172. The van der Waals surface area contributed by atoms with Gasteiger partial charge in [-0.15, -0.1) is 0 Å². The highest BCUT2D eigenvalue weighted by Crippen LogP contribution is 2.31. The van der Waals surface area contributed by atoms with Crippen LogP contribution in [0.2, 0.25) is 0 Å². The average molecular weight is 287 g/mol. The van der Waals surface area contributed by atoms with Crippen LogP contribution in [0.15, 0.2) is 12.1 Å². The second kappa shape index (κ2) is 4.99. The summed E-state index contributed by atoms with van der Waals surface area (Å²) in [6, 6.07) is 2.33. The van der Waals surface area contributed by atoms with Gasteiger partial charge in [0.05, 0.1) is 5.69 Å². The number of anilines is 1. The first-order valence-corrected chi connectivity index (χ1v) is 5.62. The predicted molar refractivity (Wildman–Crippen MR) is 64.6 cm³/mol. The van der Waals surface area contributed by atoms with Gasteiger partial charge in [-0.3, -0.25) is 0 Å². The summed E-state index contributed by atoms with van der Waals surface area (Å²) in [7, 11) is 3.04. The molecule has 0 spiro atoms. The number of aromatic nitrogens is 4. The maximum Gasteiger partial charge on any atom is 0.433 e. The number of alkyl halides is 3. The molecule has 2 heterocycles. The lowest BCUT2D eigenvalue weighted by molar-refractivity contribution is -0.141. The molecule has 0 radical (unpaired) electrons. The van der Waals surface area contributed by atoms with Gasteiger partial charge in [-0.1, -0.05) is 0 Å². The number of nitrogens with one attached hydrogen (secondary N) is 1. The van der Waals surface area contributed by atoms with Crippen molar-refractivity contribution in [2.45, 2.75) is 13.1 Å². The quantitative estimate of drug-likeness (QED) is 0.939. The van der Waals surface area contributed by atoms with Crippen LogP contribution in [-0.4, -0.2) is 26.8 Å². The van der Waals surface area contributed by atoms with Crippen LogP contribution >= 0.6 is 0 Å². The molecule has 0 saturated carbocycles. The molecular formula is C11H12F3N5O. The summed E-state index contributed by atoms with van der Waals surface area (Å²) in [5, 5.41) is 6.49. The second-order valence-electron chi connectivity index (χ2n) is 4.01. The standard InChI is InChI=1S/C11H12F3N5O/c1-6-4-9(19(3)18-6)20-8-5-7(11(12,13)14)16-10(15-2)17-8/h4-5H,1-3H3,(H,15,16,17). The molecule has 0 fully saturated rings. The van der Waals surface area contributed by atoms with Crippen LogP contribution in [0.4, 0.5) is 19.1 Å². The molecule has 6 nitrogen and oxygen atoms in total. The van der Waals surface area contributed by atoms with Gasteiger partial charge in [0.25, 0.3) is 0 Å². The largest absolute Gasteiger partial charge is 0.433 e. The van der Waals surface area contributed by atoms with Gasteiger partial charge in [0, 0.05) is 26.2 Å². The van der Waals surface area contributed by atoms with Crippen LogP contribution in [0.3, 0.4) is 0 Å². The van der Waals surface area contributed by atoms with E-state index in [-0.39, 0.29) is 17.7 Å². The van der Waals surface area contributed by atoms with E-state index in [1.165, 1.54) is 11.7 Å². The Hall–Kier alpha value is -2.32. The lowest BCUT2D eigenvalue weighted by Gasteiger charge is -2.10. The van der Waals surface area contributed by atoms with Crippen LogP contribution in [0.1, 0.15) is 11.4 Å². The number of rotatable bonds is 3. The lowest BCUT2D eigenvalue weighted by Crippen LogP contribution is -2.11. The summed E-state index contributed by atoms with van der Waals surface area (Å²) in [6.07, 6.45) is -4.57. The van der Waals surface area contributed by atoms with Crippen LogP contribution in [0, 0.1) is 6.92 Å². The maximum absolute atomic E-state index is 12.7. The highest BCUT2D eigenvalue weighted by molar-refractivity contribution is 5.33. The Kier molecular flexibility index (Phi) is 3.51. The molecule has 0 aliphatic carbocycles. The van der Waals surface area contributed by atoms with E-state index >= 15 is 0 Å². The highest BCUT2D eigenvalue weighted by Gasteiger charge is 2.34. The average Bonchev–Trinajstić information content (AvgIpc) is 2.66. The topological polar surface area (TPSA) is 64.9 Å². The van der Waals surface area contributed by atoms with Crippen molar-refractivity contribution in [2.75, 3.05) is 12.4 Å². The van der Waals surface area contributed by atoms with Crippen molar-refractivity contribution in [3.05, 3.63) is 23.5 Å². The van der Waals surface area contributed by atoms with Gasteiger partial charge in [-0.2, -0.15) is 23.3 Å². The lowest BCUT2D eigenvalue weighted by atomic mass is 10.4. The summed E-state index contributed by atoms with van der Waals surface area (Å²) < 4.78 is 44.9. The number of nitrogens with zero attached hydrogens (tertiary/aromatic N) is 4. The molecule has 2 aromatic rings. The molecule has 0 saturated heterocycles. The van der Waals surface area contributed by atoms with E-state index in [0.717, 1.165) is 6.07 Å². The van der Waals surface area contributed by atoms with Crippen molar-refractivity contribution < 1.29 is 17.9 Å². The van der Waals surface area contributed by atoms with Crippen molar-refractivity contribution in [1.82, 2.24) is 19.7 Å². The molecule has 0 amide bonds. The Morgan fingerprint density at radius 3 is 2.45 bits per heavy atom.